The molecule has 4 aromatic rings. The Hall–Kier alpha value is -3.92. The molecule has 0 bridgehead atoms. The molecular formula is C21H18F2N6O2. The van der Waals surface area contributed by atoms with Crippen molar-refractivity contribution in [1.82, 2.24) is 19.6 Å². The Morgan fingerprint density at radius 3 is 2.65 bits per heavy atom. The van der Waals surface area contributed by atoms with Crippen LogP contribution in [-0.4, -0.2) is 52.1 Å². The zero-order valence-corrected chi connectivity index (χ0v) is 16.7. The lowest BCUT2D eigenvalue weighted by atomic mass is 10.0. The molecule has 2 N–H and O–H groups in total. The average Bonchev–Trinajstić information content (AvgIpc) is 3.40. The van der Waals surface area contributed by atoms with E-state index in [1.807, 2.05) is 0 Å². The van der Waals surface area contributed by atoms with Gasteiger partial charge in [0.25, 0.3) is 0 Å². The van der Waals surface area contributed by atoms with Crippen LogP contribution in [0, 0.1) is 17.0 Å². The average molecular weight is 424 g/mol. The SMILES string of the molecule is COCC(=NC(=N)c1cnc2ccc(-c3cn[nH]c3-c3c(F)cccc3F)cn12)OC. The predicted molar refractivity (Wildman–Crippen MR) is 111 cm³/mol. The van der Waals surface area contributed by atoms with E-state index >= 15 is 0 Å². The first-order chi connectivity index (χ1) is 15.0. The van der Waals surface area contributed by atoms with Crippen molar-refractivity contribution < 1.29 is 18.3 Å². The molecule has 0 saturated carbocycles. The molecule has 0 aliphatic carbocycles. The molecule has 3 aromatic heterocycles. The number of fused-ring (bicyclic) bond motifs is 1. The first-order valence-electron chi connectivity index (χ1n) is 9.18. The van der Waals surface area contributed by atoms with Crippen LogP contribution in [0.1, 0.15) is 5.69 Å². The van der Waals surface area contributed by atoms with Gasteiger partial charge in [-0.05, 0) is 24.3 Å². The predicted octanol–water partition coefficient (Wildman–Crippen LogP) is 3.69. The number of ether oxygens (including phenoxy) is 2. The van der Waals surface area contributed by atoms with Crippen LogP contribution in [0.4, 0.5) is 8.78 Å². The number of imidazole rings is 1. The van der Waals surface area contributed by atoms with Crippen LogP contribution in [0.3, 0.4) is 0 Å². The van der Waals surface area contributed by atoms with Crippen molar-refractivity contribution in [2.75, 3.05) is 20.8 Å². The van der Waals surface area contributed by atoms with Crippen LogP contribution < -0.4 is 0 Å². The second-order valence-corrected chi connectivity index (χ2v) is 6.54. The lowest BCUT2D eigenvalue weighted by Gasteiger charge is -2.08. The molecule has 10 heteroatoms. The standard InChI is InChI=1S/C21H18F2N6O2/c1-30-11-18(31-2)27-21(24)16-9-25-17-7-6-12(10-29(16)17)13-8-26-28-20(13)19-14(22)4-3-5-15(19)23/h3-10,24H,11H2,1-2H3,(H,26,28). The van der Waals surface area contributed by atoms with Gasteiger partial charge < -0.3 is 9.47 Å². The van der Waals surface area contributed by atoms with Crippen LogP contribution in [0.15, 0.2) is 53.9 Å². The number of nitrogens with one attached hydrogen (secondary N) is 2. The second kappa shape index (κ2) is 8.44. The fourth-order valence-electron chi connectivity index (χ4n) is 3.19. The zero-order valence-electron chi connectivity index (χ0n) is 16.7. The Labute approximate surface area is 175 Å². The molecule has 0 radical (unpaired) electrons. The smallest absolute Gasteiger partial charge is 0.216 e. The molecule has 0 fully saturated rings. The van der Waals surface area contributed by atoms with E-state index in [-0.39, 0.29) is 29.6 Å². The van der Waals surface area contributed by atoms with Crippen molar-refractivity contribution in [3.8, 4) is 22.4 Å². The lowest BCUT2D eigenvalue weighted by Crippen LogP contribution is -2.13. The van der Waals surface area contributed by atoms with Gasteiger partial charge in [-0.25, -0.2) is 13.8 Å². The molecule has 31 heavy (non-hydrogen) atoms. The maximum absolute atomic E-state index is 14.3. The number of pyridine rings is 1. The number of H-pyrrole nitrogens is 1. The Morgan fingerprint density at radius 2 is 1.94 bits per heavy atom. The van der Waals surface area contributed by atoms with Crippen molar-refractivity contribution in [3.63, 3.8) is 0 Å². The third-order valence-corrected chi connectivity index (χ3v) is 4.65. The summed E-state index contributed by atoms with van der Waals surface area (Å²) in [6.45, 7) is 0.119. The molecule has 8 nitrogen and oxygen atoms in total. The molecule has 0 aliphatic rings. The molecule has 4 rings (SSSR count). The topological polar surface area (TPSA) is 101 Å². The second-order valence-electron chi connectivity index (χ2n) is 6.54. The minimum absolute atomic E-state index is 0.0777. The first-order valence-corrected chi connectivity index (χ1v) is 9.18. The van der Waals surface area contributed by atoms with E-state index in [4.69, 9.17) is 14.9 Å². The maximum Gasteiger partial charge on any atom is 0.216 e. The van der Waals surface area contributed by atoms with Gasteiger partial charge in [-0.3, -0.25) is 14.9 Å². The van der Waals surface area contributed by atoms with Crippen LogP contribution in [0.5, 0.6) is 0 Å². The summed E-state index contributed by atoms with van der Waals surface area (Å²) in [5.74, 6) is -1.23. The summed E-state index contributed by atoms with van der Waals surface area (Å²) in [5.41, 5.74) is 2.13. The van der Waals surface area contributed by atoms with Gasteiger partial charge >= 0.3 is 0 Å². The molecule has 0 saturated heterocycles. The van der Waals surface area contributed by atoms with Crippen molar-refractivity contribution in [2.45, 2.75) is 0 Å². The zero-order chi connectivity index (χ0) is 22.0. The van der Waals surface area contributed by atoms with E-state index in [1.54, 1.807) is 22.7 Å². The highest BCUT2D eigenvalue weighted by Gasteiger charge is 2.19. The molecular weight excluding hydrogens is 406 g/mol. The van der Waals surface area contributed by atoms with Gasteiger partial charge in [0.05, 0.1) is 30.8 Å². The van der Waals surface area contributed by atoms with Gasteiger partial charge in [-0.1, -0.05) is 6.07 Å². The summed E-state index contributed by atoms with van der Waals surface area (Å²) in [7, 11) is 2.94. The lowest BCUT2D eigenvalue weighted by molar-refractivity contribution is 0.219. The molecule has 0 aliphatic heterocycles. The van der Waals surface area contributed by atoms with Gasteiger partial charge in [0.1, 0.15) is 29.6 Å². The molecule has 158 valence electrons. The third kappa shape index (κ3) is 3.80. The van der Waals surface area contributed by atoms with Crippen molar-refractivity contribution in [1.29, 1.82) is 5.41 Å². The molecule has 3 heterocycles. The third-order valence-electron chi connectivity index (χ3n) is 4.65. The van der Waals surface area contributed by atoms with Crippen LogP contribution in [0.25, 0.3) is 28.0 Å². The minimum atomic E-state index is -0.698. The normalized spacial score (nSPS) is 11.8. The number of hydrogen-bond acceptors (Lipinski definition) is 5. The highest BCUT2D eigenvalue weighted by Crippen LogP contribution is 2.33. The van der Waals surface area contributed by atoms with Gasteiger partial charge in [0.15, 0.2) is 5.84 Å². The summed E-state index contributed by atoms with van der Waals surface area (Å²) < 4.78 is 40.4. The Bertz CT molecular complexity index is 1270. The highest BCUT2D eigenvalue weighted by atomic mass is 19.1. The maximum atomic E-state index is 14.3. The number of nitrogens with zero attached hydrogens (tertiary/aromatic N) is 4. The number of aliphatic imine (C=N–C) groups is 1. The van der Waals surface area contributed by atoms with E-state index in [1.165, 1.54) is 44.8 Å². The highest BCUT2D eigenvalue weighted by molar-refractivity contribution is 6.03. The molecule has 1 aromatic carbocycles. The molecule has 0 amide bonds. The number of amidine groups is 1. The molecule has 0 atom stereocenters. The largest absolute Gasteiger partial charge is 0.482 e. The summed E-state index contributed by atoms with van der Waals surface area (Å²) in [6, 6.07) is 7.17. The van der Waals surface area contributed by atoms with E-state index in [2.05, 4.69) is 20.2 Å². The monoisotopic (exact) mass is 424 g/mol. The summed E-state index contributed by atoms with van der Waals surface area (Å²) in [5, 5.41) is 15.0. The van der Waals surface area contributed by atoms with E-state index in [9.17, 15) is 8.78 Å². The van der Waals surface area contributed by atoms with Gasteiger partial charge in [-0.15, -0.1) is 0 Å². The van der Waals surface area contributed by atoms with E-state index in [0.29, 0.717) is 22.5 Å². The number of methoxy groups -OCH3 is 2. The van der Waals surface area contributed by atoms with Crippen molar-refractivity contribution in [2.24, 2.45) is 4.99 Å². The molecule has 0 spiro atoms. The number of rotatable bonds is 5. The van der Waals surface area contributed by atoms with E-state index in [0.717, 1.165) is 0 Å². The Morgan fingerprint density at radius 1 is 1.16 bits per heavy atom. The number of benzene rings is 1. The summed E-state index contributed by atoms with van der Waals surface area (Å²) in [4.78, 5) is 8.42. The minimum Gasteiger partial charge on any atom is -0.482 e. The fourth-order valence-corrected chi connectivity index (χ4v) is 3.19. The first kappa shape index (κ1) is 20.4. The molecule has 0 unspecified atom stereocenters. The summed E-state index contributed by atoms with van der Waals surface area (Å²) in [6.07, 6.45) is 4.71. The Kier molecular flexibility index (Phi) is 5.54. The van der Waals surface area contributed by atoms with Crippen LogP contribution in [-0.2, 0) is 9.47 Å². The number of halogens is 2. The van der Waals surface area contributed by atoms with Gasteiger partial charge in [-0.2, -0.15) is 10.1 Å². The van der Waals surface area contributed by atoms with Crippen molar-refractivity contribution >= 4 is 17.4 Å². The fraction of sp³-hybridized carbons (Fsp3) is 0.143. The number of hydrogen-bond donors (Lipinski definition) is 2. The van der Waals surface area contributed by atoms with Crippen LogP contribution >= 0.6 is 0 Å². The Balaban J connectivity index is 1.80. The summed E-state index contributed by atoms with van der Waals surface area (Å²) >= 11 is 0. The van der Waals surface area contributed by atoms with Crippen molar-refractivity contribution in [3.05, 3.63) is 66.3 Å². The van der Waals surface area contributed by atoms with E-state index < -0.39 is 11.6 Å². The van der Waals surface area contributed by atoms with Gasteiger partial charge in [0.2, 0.25) is 5.90 Å². The van der Waals surface area contributed by atoms with Gasteiger partial charge in [0, 0.05) is 24.4 Å². The quantitative estimate of drug-likeness (QED) is 0.377. The number of aromatic nitrogens is 4. The van der Waals surface area contributed by atoms with Crippen LogP contribution in [0.2, 0.25) is 0 Å². The number of aromatic amines is 1.